The Morgan fingerprint density at radius 1 is 1.41 bits per heavy atom. The van der Waals surface area contributed by atoms with Crippen LogP contribution in [0.15, 0.2) is 18.2 Å². The minimum atomic E-state index is -0.247. The second kappa shape index (κ2) is 5.17. The van der Waals surface area contributed by atoms with Gasteiger partial charge in [-0.3, -0.25) is 4.79 Å². The van der Waals surface area contributed by atoms with Crippen molar-refractivity contribution in [3.05, 3.63) is 29.6 Å². The second-order valence-corrected chi connectivity index (χ2v) is 4.41. The number of nitrogens with zero attached hydrogens (tertiary/aromatic N) is 1. The van der Waals surface area contributed by atoms with E-state index in [0.717, 1.165) is 25.9 Å². The summed E-state index contributed by atoms with van der Waals surface area (Å²) in [5.41, 5.74) is 1.27. The van der Waals surface area contributed by atoms with Crippen molar-refractivity contribution >= 4 is 11.6 Å². The molecule has 4 heteroatoms. The van der Waals surface area contributed by atoms with Crippen LogP contribution in [0.25, 0.3) is 0 Å². The normalized spacial score (nSPS) is 15.1. The van der Waals surface area contributed by atoms with E-state index in [4.69, 9.17) is 0 Å². The van der Waals surface area contributed by atoms with Gasteiger partial charge >= 0.3 is 0 Å². The summed E-state index contributed by atoms with van der Waals surface area (Å²) < 4.78 is 13.3. The van der Waals surface area contributed by atoms with Crippen LogP contribution in [0.1, 0.15) is 18.4 Å². The summed E-state index contributed by atoms with van der Waals surface area (Å²) >= 11 is 0. The minimum absolute atomic E-state index is 0.0866. The Kier molecular flexibility index (Phi) is 3.61. The molecule has 1 aliphatic rings. The van der Waals surface area contributed by atoms with Crippen molar-refractivity contribution in [1.29, 1.82) is 0 Å². The predicted octanol–water partition coefficient (Wildman–Crippen LogP) is 2.17. The molecule has 1 fully saturated rings. The van der Waals surface area contributed by atoms with Crippen molar-refractivity contribution in [2.45, 2.75) is 19.8 Å². The summed E-state index contributed by atoms with van der Waals surface area (Å²) in [5.74, 6) is -0.160. The Morgan fingerprint density at radius 3 is 2.76 bits per heavy atom. The number of hydrogen-bond acceptors (Lipinski definition) is 2. The van der Waals surface area contributed by atoms with E-state index in [2.05, 4.69) is 5.32 Å². The van der Waals surface area contributed by atoms with Crippen LogP contribution in [0.4, 0.5) is 10.1 Å². The lowest BCUT2D eigenvalue weighted by molar-refractivity contribution is -0.128. The first-order valence-corrected chi connectivity index (χ1v) is 5.94. The van der Waals surface area contributed by atoms with Crippen LogP contribution in [0.3, 0.4) is 0 Å². The third-order valence-electron chi connectivity index (χ3n) is 3.07. The van der Waals surface area contributed by atoms with Gasteiger partial charge in [-0.1, -0.05) is 6.07 Å². The zero-order valence-electron chi connectivity index (χ0n) is 10.0. The molecule has 0 radical (unpaired) electrons. The molecule has 0 spiro atoms. The van der Waals surface area contributed by atoms with Crippen LogP contribution < -0.4 is 5.32 Å². The Balaban J connectivity index is 1.88. The number of nitrogens with one attached hydrogen (secondary N) is 1. The summed E-state index contributed by atoms with van der Waals surface area (Å²) in [6.45, 7) is 3.66. The number of carbonyl (C=O) groups is 1. The van der Waals surface area contributed by atoms with Gasteiger partial charge in [-0.05, 0) is 37.5 Å². The van der Waals surface area contributed by atoms with Gasteiger partial charge in [-0.15, -0.1) is 0 Å². The van der Waals surface area contributed by atoms with Gasteiger partial charge in [0.2, 0.25) is 5.91 Å². The lowest BCUT2D eigenvalue weighted by Crippen LogP contribution is -2.32. The lowest BCUT2D eigenvalue weighted by atomic mass is 10.2. The topological polar surface area (TPSA) is 32.3 Å². The highest BCUT2D eigenvalue weighted by Gasteiger charge is 2.17. The van der Waals surface area contributed by atoms with Gasteiger partial charge in [0, 0.05) is 18.8 Å². The number of benzene rings is 1. The van der Waals surface area contributed by atoms with Crippen molar-refractivity contribution in [3.8, 4) is 0 Å². The number of halogens is 1. The first-order chi connectivity index (χ1) is 8.16. The summed E-state index contributed by atoms with van der Waals surface area (Å²) in [4.78, 5) is 13.6. The highest BCUT2D eigenvalue weighted by molar-refractivity contribution is 5.81. The van der Waals surface area contributed by atoms with Crippen molar-refractivity contribution in [2.24, 2.45) is 0 Å². The van der Waals surface area contributed by atoms with Crippen LogP contribution >= 0.6 is 0 Å². The molecule has 2 rings (SSSR count). The van der Waals surface area contributed by atoms with Crippen LogP contribution in [-0.2, 0) is 4.79 Å². The monoisotopic (exact) mass is 236 g/mol. The van der Waals surface area contributed by atoms with Gasteiger partial charge in [0.25, 0.3) is 0 Å². The molecule has 1 amide bonds. The number of aryl methyl sites for hydroxylation is 1. The van der Waals surface area contributed by atoms with E-state index in [1.54, 1.807) is 19.1 Å². The van der Waals surface area contributed by atoms with Gasteiger partial charge in [-0.25, -0.2) is 4.39 Å². The molecule has 0 aliphatic carbocycles. The number of amides is 1. The smallest absolute Gasteiger partial charge is 0.241 e. The molecule has 0 atom stereocenters. The zero-order chi connectivity index (χ0) is 12.3. The molecule has 92 valence electrons. The number of hydrogen-bond donors (Lipinski definition) is 1. The Bertz CT molecular complexity index is 414. The average molecular weight is 236 g/mol. The fourth-order valence-corrected chi connectivity index (χ4v) is 1.96. The Morgan fingerprint density at radius 2 is 2.12 bits per heavy atom. The standard InChI is InChI=1S/C13H17FN2O/c1-10-4-5-11(8-12(10)14)15-9-13(17)16-6-2-3-7-16/h4-5,8,15H,2-3,6-7,9H2,1H3. The van der Waals surface area contributed by atoms with E-state index in [9.17, 15) is 9.18 Å². The first-order valence-electron chi connectivity index (χ1n) is 5.94. The molecule has 1 aliphatic heterocycles. The third kappa shape index (κ3) is 2.96. The van der Waals surface area contributed by atoms with Gasteiger partial charge in [0.15, 0.2) is 0 Å². The van der Waals surface area contributed by atoms with Crippen molar-refractivity contribution in [1.82, 2.24) is 4.90 Å². The fourth-order valence-electron chi connectivity index (χ4n) is 1.96. The maximum absolute atomic E-state index is 13.3. The van der Waals surface area contributed by atoms with E-state index >= 15 is 0 Å². The van der Waals surface area contributed by atoms with Crippen molar-refractivity contribution in [2.75, 3.05) is 25.0 Å². The molecule has 1 heterocycles. The molecular formula is C13H17FN2O. The fraction of sp³-hybridized carbons (Fsp3) is 0.462. The molecule has 1 aromatic rings. The van der Waals surface area contributed by atoms with Crippen LogP contribution in [0, 0.1) is 12.7 Å². The number of carbonyl (C=O) groups excluding carboxylic acids is 1. The molecule has 0 unspecified atom stereocenters. The number of likely N-dealkylation sites (tertiary alicyclic amines) is 1. The third-order valence-corrected chi connectivity index (χ3v) is 3.07. The lowest BCUT2D eigenvalue weighted by Gasteiger charge is -2.16. The van der Waals surface area contributed by atoms with Gasteiger partial charge in [0.05, 0.1) is 6.54 Å². The average Bonchev–Trinajstić information content (AvgIpc) is 2.84. The summed E-state index contributed by atoms with van der Waals surface area (Å²) in [6, 6.07) is 4.92. The van der Waals surface area contributed by atoms with Crippen molar-refractivity contribution in [3.63, 3.8) is 0 Å². The Hall–Kier alpha value is -1.58. The molecule has 1 saturated heterocycles. The van der Waals surface area contributed by atoms with Crippen LogP contribution in [0.5, 0.6) is 0 Å². The van der Waals surface area contributed by atoms with E-state index in [-0.39, 0.29) is 18.3 Å². The maximum Gasteiger partial charge on any atom is 0.241 e. The quantitative estimate of drug-likeness (QED) is 0.872. The maximum atomic E-state index is 13.3. The summed E-state index contributed by atoms with van der Waals surface area (Å²) in [5, 5.41) is 2.96. The van der Waals surface area contributed by atoms with Gasteiger partial charge < -0.3 is 10.2 Å². The second-order valence-electron chi connectivity index (χ2n) is 4.41. The highest BCUT2D eigenvalue weighted by Crippen LogP contribution is 2.14. The van der Waals surface area contributed by atoms with Crippen LogP contribution in [-0.4, -0.2) is 30.4 Å². The van der Waals surface area contributed by atoms with Gasteiger partial charge in [0.1, 0.15) is 5.82 Å². The van der Waals surface area contributed by atoms with E-state index in [0.29, 0.717) is 11.3 Å². The molecule has 0 aromatic heterocycles. The number of rotatable bonds is 3. The Labute approximate surface area is 101 Å². The molecule has 1 N–H and O–H groups in total. The molecule has 0 saturated carbocycles. The number of anilines is 1. The zero-order valence-corrected chi connectivity index (χ0v) is 10.0. The SMILES string of the molecule is Cc1ccc(NCC(=O)N2CCCC2)cc1F. The summed E-state index contributed by atoms with van der Waals surface area (Å²) in [6.07, 6.45) is 2.18. The molecular weight excluding hydrogens is 219 g/mol. The predicted molar refractivity (Wildman–Crippen MR) is 65.4 cm³/mol. The highest BCUT2D eigenvalue weighted by atomic mass is 19.1. The van der Waals surface area contributed by atoms with Crippen LogP contribution in [0.2, 0.25) is 0 Å². The molecule has 1 aromatic carbocycles. The first kappa shape index (κ1) is 11.9. The minimum Gasteiger partial charge on any atom is -0.376 e. The largest absolute Gasteiger partial charge is 0.376 e. The molecule has 17 heavy (non-hydrogen) atoms. The van der Waals surface area contributed by atoms with E-state index < -0.39 is 0 Å². The van der Waals surface area contributed by atoms with E-state index in [1.807, 2.05) is 4.90 Å². The van der Waals surface area contributed by atoms with Gasteiger partial charge in [-0.2, -0.15) is 0 Å². The van der Waals surface area contributed by atoms with Crippen molar-refractivity contribution < 1.29 is 9.18 Å². The molecule has 0 bridgehead atoms. The van der Waals surface area contributed by atoms with E-state index in [1.165, 1.54) is 6.07 Å². The summed E-state index contributed by atoms with van der Waals surface area (Å²) in [7, 11) is 0. The molecule has 3 nitrogen and oxygen atoms in total.